The van der Waals surface area contributed by atoms with Crippen molar-refractivity contribution in [2.75, 3.05) is 0 Å². The van der Waals surface area contributed by atoms with Gasteiger partial charge in [0.1, 0.15) is 11.9 Å². The van der Waals surface area contributed by atoms with E-state index in [2.05, 4.69) is 0 Å². The number of hydrogen-bond donors (Lipinski definition) is 4. The molecule has 0 saturated carbocycles. The van der Waals surface area contributed by atoms with E-state index in [4.69, 9.17) is 5.73 Å². The molecule has 0 radical (unpaired) electrons. The molecule has 1 amide bonds. The van der Waals surface area contributed by atoms with Crippen molar-refractivity contribution in [3.05, 3.63) is 42.0 Å². The quantitative estimate of drug-likeness (QED) is 0.654. The molecule has 2 aromatic rings. The summed E-state index contributed by atoms with van der Waals surface area (Å²) in [7, 11) is 0. The minimum absolute atomic E-state index is 0.103. The molecule has 0 heterocycles. The number of aliphatic hydroxyl groups excluding tert-OH is 2. The molecular weight excluding hydrogens is 246 g/mol. The van der Waals surface area contributed by atoms with E-state index in [9.17, 15) is 20.1 Å². The Bertz CT molecular complexity index is 611. The van der Waals surface area contributed by atoms with Crippen LogP contribution in [0.3, 0.4) is 0 Å². The van der Waals surface area contributed by atoms with Crippen LogP contribution in [0, 0.1) is 0 Å². The largest absolute Gasteiger partial charge is 0.507 e. The summed E-state index contributed by atoms with van der Waals surface area (Å²) in [5.74, 6) is -0.819. The number of hydrogen-bond acceptors (Lipinski definition) is 4. The Morgan fingerprint density at radius 2 is 1.84 bits per heavy atom. The summed E-state index contributed by atoms with van der Waals surface area (Å²) in [4.78, 5) is 10.7. The molecule has 19 heavy (non-hydrogen) atoms. The maximum Gasteiger partial charge on any atom is 0.220 e. The molecule has 0 saturated heterocycles. The monoisotopic (exact) mass is 261 g/mol. The Hall–Kier alpha value is -2.11. The topological polar surface area (TPSA) is 104 Å². The van der Waals surface area contributed by atoms with Crippen LogP contribution in [0.5, 0.6) is 5.75 Å². The summed E-state index contributed by atoms with van der Waals surface area (Å²) >= 11 is 0. The second-order valence-electron chi connectivity index (χ2n) is 4.41. The highest BCUT2D eigenvalue weighted by Crippen LogP contribution is 2.34. The van der Waals surface area contributed by atoms with Gasteiger partial charge in [0.05, 0.1) is 12.5 Å². The molecular formula is C14H15NO4. The van der Waals surface area contributed by atoms with Gasteiger partial charge in [-0.1, -0.05) is 36.4 Å². The van der Waals surface area contributed by atoms with Crippen LogP contribution in [-0.4, -0.2) is 27.3 Å². The van der Waals surface area contributed by atoms with E-state index < -0.39 is 18.1 Å². The number of aliphatic hydroxyl groups is 2. The van der Waals surface area contributed by atoms with Crippen LogP contribution in [0.25, 0.3) is 10.8 Å². The lowest BCUT2D eigenvalue weighted by Gasteiger charge is -2.18. The van der Waals surface area contributed by atoms with Gasteiger partial charge in [-0.05, 0) is 5.39 Å². The number of phenols is 1. The first-order chi connectivity index (χ1) is 9.00. The molecule has 0 bridgehead atoms. The van der Waals surface area contributed by atoms with Gasteiger partial charge in [0.15, 0.2) is 0 Å². The van der Waals surface area contributed by atoms with E-state index >= 15 is 0 Å². The summed E-state index contributed by atoms with van der Waals surface area (Å²) in [5.41, 5.74) is 5.14. The lowest BCUT2D eigenvalue weighted by Crippen LogP contribution is -2.25. The molecule has 2 aromatic carbocycles. The van der Waals surface area contributed by atoms with Crippen LogP contribution in [0.15, 0.2) is 36.4 Å². The fourth-order valence-electron chi connectivity index (χ4n) is 2.04. The standard InChI is InChI=1S/C14H15NO4/c15-12(17)7-11(16)14(19)10-6-5-8-3-1-2-4-9(8)13(10)18/h1-6,11,14,16,18-19H,7H2,(H2,15,17). The molecule has 5 N–H and O–H groups in total. The highest BCUT2D eigenvalue weighted by Gasteiger charge is 2.23. The Labute approximate surface area is 109 Å². The van der Waals surface area contributed by atoms with E-state index in [0.717, 1.165) is 5.39 Å². The Kier molecular flexibility index (Phi) is 3.69. The summed E-state index contributed by atoms with van der Waals surface area (Å²) in [6.07, 6.45) is -3.07. The zero-order valence-electron chi connectivity index (χ0n) is 10.2. The fourth-order valence-corrected chi connectivity index (χ4v) is 2.04. The van der Waals surface area contributed by atoms with Crippen molar-refractivity contribution in [3.8, 4) is 5.75 Å². The predicted molar refractivity (Wildman–Crippen MR) is 70.4 cm³/mol. The third-order valence-electron chi connectivity index (χ3n) is 3.03. The Balaban J connectivity index is 2.39. The molecule has 2 rings (SSSR count). The van der Waals surface area contributed by atoms with Crippen LogP contribution >= 0.6 is 0 Å². The summed E-state index contributed by atoms with van der Waals surface area (Å²) < 4.78 is 0. The number of benzene rings is 2. The Morgan fingerprint density at radius 3 is 2.53 bits per heavy atom. The smallest absolute Gasteiger partial charge is 0.220 e. The molecule has 0 fully saturated rings. The van der Waals surface area contributed by atoms with Crippen LogP contribution in [0.4, 0.5) is 0 Å². The third-order valence-corrected chi connectivity index (χ3v) is 3.03. The number of fused-ring (bicyclic) bond motifs is 1. The molecule has 0 aliphatic rings. The van der Waals surface area contributed by atoms with Gasteiger partial charge in [0.25, 0.3) is 0 Å². The van der Waals surface area contributed by atoms with Crippen LogP contribution in [-0.2, 0) is 4.79 Å². The minimum Gasteiger partial charge on any atom is -0.507 e. The first-order valence-electron chi connectivity index (χ1n) is 5.85. The lowest BCUT2D eigenvalue weighted by atomic mass is 9.97. The van der Waals surface area contributed by atoms with Crippen molar-refractivity contribution in [2.45, 2.75) is 18.6 Å². The summed E-state index contributed by atoms with van der Waals surface area (Å²) in [5, 5.41) is 31.1. The number of carbonyl (C=O) groups is 1. The van der Waals surface area contributed by atoms with Gasteiger partial charge in [-0.25, -0.2) is 0 Å². The molecule has 2 unspecified atom stereocenters. The zero-order valence-corrected chi connectivity index (χ0v) is 10.2. The maximum atomic E-state index is 10.7. The number of amides is 1. The van der Waals surface area contributed by atoms with Crippen molar-refractivity contribution in [3.63, 3.8) is 0 Å². The van der Waals surface area contributed by atoms with E-state index in [0.29, 0.717) is 5.39 Å². The number of primary amides is 1. The molecule has 5 nitrogen and oxygen atoms in total. The van der Waals surface area contributed by atoms with Gasteiger partial charge in [0, 0.05) is 10.9 Å². The zero-order chi connectivity index (χ0) is 14.0. The minimum atomic E-state index is -1.36. The first-order valence-corrected chi connectivity index (χ1v) is 5.85. The number of phenolic OH excluding ortho intramolecular Hbond substituents is 1. The van der Waals surface area contributed by atoms with Gasteiger partial charge in [-0.3, -0.25) is 4.79 Å². The Morgan fingerprint density at radius 1 is 1.16 bits per heavy atom. The van der Waals surface area contributed by atoms with E-state index in [1.165, 1.54) is 6.07 Å². The average molecular weight is 261 g/mol. The second-order valence-corrected chi connectivity index (χ2v) is 4.41. The van der Waals surface area contributed by atoms with Gasteiger partial charge in [-0.15, -0.1) is 0 Å². The maximum absolute atomic E-state index is 10.7. The summed E-state index contributed by atoms with van der Waals surface area (Å²) in [6.45, 7) is 0. The average Bonchev–Trinajstić information content (AvgIpc) is 2.38. The van der Waals surface area contributed by atoms with Crippen LogP contribution in [0.1, 0.15) is 18.1 Å². The normalized spacial score (nSPS) is 14.2. The van der Waals surface area contributed by atoms with E-state index in [1.807, 2.05) is 12.1 Å². The highest BCUT2D eigenvalue weighted by atomic mass is 16.3. The summed E-state index contributed by atoms with van der Waals surface area (Å²) in [6, 6.07) is 10.4. The third kappa shape index (κ3) is 2.67. The molecule has 0 spiro atoms. The van der Waals surface area contributed by atoms with Gasteiger partial charge < -0.3 is 21.1 Å². The highest BCUT2D eigenvalue weighted by molar-refractivity contribution is 5.89. The number of rotatable bonds is 4. The molecule has 5 heteroatoms. The van der Waals surface area contributed by atoms with E-state index in [1.54, 1.807) is 18.2 Å². The van der Waals surface area contributed by atoms with Crippen molar-refractivity contribution in [1.29, 1.82) is 0 Å². The molecule has 100 valence electrons. The number of aromatic hydroxyl groups is 1. The number of carbonyl (C=O) groups excluding carboxylic acids is 1. The van der Waals surface area contributed by atoms with Crippen molar-refractivity contribution >= 4 is 16.7 Å². The SMILES string of the molecule is NC(=O)CC(O)C(O)c1ccc2ccccc2c1O. The number of nitrogens with two attached hydrogens (primary N) is 1. The van der Waals surface area contributed by atoms with Gasteiger partial charge in [0.2, 0.25) is 5.91 Å². The van der Waals surface area contributed by atoms with E-state index in [-0.39, 0.29) is 17.7 Å². The molecule has 0 aliphatic carbocycles. The lowest BCUT2D eigenvalue weighted by molar-refractivity contribution is -0.121. The first kappa shape index (κ1) is 13.3. The molecule has 0 aliphatic heterocycles. The van der Waals surface area contributed by atoms with Crippen LogP contribution in [0.2, 0.25) is 0 Å². The fraction of sp³-hybridized carbons (Fsp3) is 0.214. The van der Waals surface area contributed by atoms with Crippen molar-refractivity contribution in [1.82, 2.24) is 0 Å². The second kappa shape index (κ2) is 5.26. The molecule has 2 atom stereocenters. The molecule has 0 aromatic heterocycles. The van der Waals surface area contributed by atoms with Gasteiger partial charge >= 0.3 is 0 Å². The van der Waals surface area contributed by atoms with Crippen LogP contribution < -0.4 is 5.73 Å². The van der Waals surface area contributed by atoms with Gasteiger partial charge in [-0.2, -0.15) is 0 Å². The van der Waals surface area contributed by atoms with Crippen molar-refractivity contribution < 1.29 is 20.1 Å². The predicted octanol–water partition coefficient (Wildman–Crippen LogP) is 0.815. The van der Waals surface area contributed by atoms with Crippen molar-refractivity contribution in [2.24, 2.45) is 5.73 Å².